The minimum atomic E-state index is 0.316. The molecule has 0 aromatic carbocycles. The van der Waals surface area contributed by atoms with E-state index in [2.05, 4.69) is 26.0 Å². The Kier molecular flexibility index (Phi) is 8.57. The third-order valence-electron chi connectivity index (χ3n) is 1.85. The monoisotopic (exact) mass is 170 g/mol. The predicted octanol–water partition coefficient (Wildman–Crippen LogP) is 3.14. The van der Waals surface area contributed by atoms with Crippen LogP contribution in [0, 0.1) is 5.92 Å². The largest absolute Gasteiger partial charge is 0.396 e. The molecule has 0 fully saturated rings. The zero-order valence-corrected chi connectivity index (χ0v) is 8.42. The number of hydrogen-bond acceptors (Lipinski definition) is 1. The lowest BCUT2D eigenvalue weighted by atomic mass is 10.1. The number of unbranched alkanes of at least 4 members (excludes halogenated alkanes) is 2. The van der Waals surface area contributed by atoms with Crippen LogP contribution in [0.25, 0.3) is 0 Å². The van der Waals surface area contributed by atoms with E-state index in [-0.39, 0.29) is 0 Å². The summed E-state index contributed by atoms with van der Waals surface area (Å²) in [4.78, 5) is 0. The van der Waals surface area contributed by atoms with Crippen molar-refractivity contribution in [3.05, 3.63) is 12.2 Å². The molecule has 0 aliphatic heterocycles. The third-order valence-corrected chi connectivity index (χ3v) is 1.85. The molecule has 0 saturated heterocycles. The van der Waals surface area contributed by atoms with Crippen molar-refractivity contribution >= 4 is 0 Å². The zero-order valence-electron chi connectivity index (χ0n) is 8.42. The van der Waals surface area contributed by atoms with Crippen LogP contribution < -0.4 is 0 Å². The number of aliphatic hydroxyl groups is 1. The topological polar surface area (TPSA) is 20.2 Å². The lowest BCUT2D eigenvalue weighted by Crippen LogP contribution is -1.85. The van der Waals surface area contributed by atoms with Gasteiger partial charge < -0.3 is 5.11 Å². The molecule has 0 aliphatic rings. The molecular weight excluding hydrogens is 148 g/mol. The van der Waals surface area contributed by atoms with Crippen molar-refractivity contribution in [3.63, 3.8) is 0 Å². The summed E-state index contributed by atoms with van der Waals surface area (Å²) in [6.45, 7) is 4.83. The molecule has 0 bridgehead atoms. The maximum atomic E-state index is 8.51. The van der Waals surface area contributed by atoms with Gasteiger partial charge in [0.2, 0.25) is 0 Å². The van der Waals surface area contributed by atoms with E-state index in [1.54, 1.807) is 0 Å². The molecule has 0 atom stereocenters. The quantitative estimate of drug-likeness (QED) is 0.459. The van der Waals surface area contributed by atoms with Gasteiger partial charge in [0.1, 0.15) is 0 Å². The van der Waals surface area contributed by atoms with Gasteiger partial charge >= 0.3 is 0 Å². The smallest absolute Gasteiger partial charge is 0.0433 e. The normalized spacial score (nSPS) is 11.7. The molecule has 1 nitrogen and oxygen atoms in total. The van der Waals surface area contributed by atoms with Crippen molar-refractivity contribution in [2.24, 2.45) is 5.92 Å². The second kappa shape index (κ2) is 8.79. The van der Waals surface area contributed by atoms with Gasteiger partial charge in [0, 0.05) is 6.61 Å². The van der Waals surface area contributed by atoms with Crippen molar-refractivity contribution < 1.29 is 5.11 Å². The van der Waals surface area contributed by atoms with E-state index >= 15 is 0 Å². The molecule has 0 radical (unpaired) electrons. The summed E-state index contributed by atoms with van der Waals surface area (Å²) in [5.41, 5.74) is 0. The van der Waals surface area contributed by atoms with E-state index in [1.165, 1.54) is 19.3 Å². The van der Waals surface area contributed by atoms with E-state index in [9.17, 15) is 0 Å². The summed E-state index contributed by atoms with van der Waals surface area (Å²) >= 11 is 0. The third kappa shape index (κ3) is 9.70. The summed E-state index contributed by atoms with van der Waals surface area (Å²) in [6, 6.07) is 0. The van der Waals surface area contributed by atoms with Gasteiger partial charge in [0.15, 0.2) is 0 Å². The van der Waals surface area contributed by atoms with E-state index in [0.717, 1.165) is 18.8 Å². The molecule has 1 N–H and O–H groups in total. The highest BCUT2D eigenvalue weighted by Gasteiger charge is 1.90. The van der Waals surface area contributed by atoms with Crippen molar-refractivity contribution in [1.82, 2.24) is 0 Å². The number of aliphatic hydroxyl groups excluding tert-OH is 1. The van der Waals surface area contributed by atoms with Gasteiger partial charge in [-0.05, 0) is 31.6 Å². The van der Waals surface area contributed by atoms with Crippen LogP contribution in [0.2, 0.25) is 0 Å². The maximum absolute atomic E-state index is 8.51. The van der Waals surface area contributed by atoms with Gasteiger partial charge in [-0.2, -0.15) is 0 Å². The fraction of sp³-hybridized carbons (Fsp3) is 0.818. The zero-order chi connectivity index (χ0) is 9.23. The maximum Gasteiger partial charge on any atom is 0.0433 e. The first-order chi connectivity index (χ1) is 5.77. The van der Waals surface area contributed by atoms with Crippen LogP contribution in [0.5, 0.6) is 0 Å². The van der Waals surface area contributed by atoms with Crippen molar-refractivity contribution in [2.45, 2.75) is 46.0 Å². The van der Waals surface area contributed by atoms with Gasteiger partial charge in [-0.15, -0.1) is 0 Å². The highest BCUT2D eigenvalue weighted by molar-refractivity contribution is 4.81. The molecule has 0 aromatic rings. The van der Waals surface area contributed by atoms with E-state index < -0.39 is 0 Å². The minimum Gasteiger partial charge on any atom is -0.396 e. The first-order valence-electron chi connectivity index (χ1n) is 5.03. The summed E-state index contributed by atoms with van der Waals surface area (Å²) < 4.78 is 0. The predicted molar refractivity (Wildman–Crippen MR) is 54.1 cm³/mol. The summed E-state index contributed by atoms with van der Waals surface area (Å²) in [6.07, 6.45) is 10.2. The Labute approximate surface area is 76.5 Å². The van der Waals surface area contributed by atoms with Gasteiger partial charge in [-0.25, -0.2) is 0 Å². The summed E-state index contributed by atoms with van der Waals surface area (Å²) in [7, 11) is 0. The van der Waals surface area contributed by atoms with Crippen LogP contribution in [0.3, 0.4) is 0 Å². The van der Waals surface area contributed by atoms with Crippen LogP contribution in [-0.2, 0) is 0 Å². The molecule has 0 unspecified atom stereocenters. The average molecular weight is 170 g/mol. The Morgan fingerprint density at radius 2 is 1.67 bits per heavy atom. The molecule has 1 heteroatoms. The molecule has 0 amide bonds. The van der Waals surface area contributed by atoms with Gasteiger partial charge in [-0.1, -0.05) is 32.4 Å². The highest BCUT2D eigenvalue weighted by atomic mass is 16.2. The lowest BCUT2D eigenvalue weighted by molar-refractivity contribution is 0.289. The van der Waals surface area contributed by atoms with E-state index in [0.29, 0.717) is 6.61 Å². The lowest BCUT2D eigenvalue weighted by Gasteiger charge is -2.00. The van der Waals surface area contributed by atoms with E-state index in [4.69, 9.17) is 5.11 Å². The SMILES string of the molecule is CC(C)CCC/C=C\CCCO. The Balaban J connectivity index is 3.03. The van der Waals surface area contributed by atoms with Gasteiger partial charge in [0.25, 0.3) is 0 Å². The molecular formula is C11H22O. The Hall–Kier alpha value is -0.300. The Morgan fingerprint density at radius 3 is 2.17 bits per heavy atom. The van der Waals surface area contributed by atoms with Crippen LogP contribution in [0.15, 0.2) is 12.2 Å². The van der Waals surface area contributed by atoms with Crippen molar-refractivity contribution in [3.8, 4) is 0 Å². The van der Waals surface area contributed by atoms with Crippen molar-refractivity contribution in [1.29, 1.82) is 0 Å². The second-order valence-corrected chi connectivity index (χ2v) is 3.66. The highest BCUT2D eigenvalue weighted by Crippen LogP contribution is 2.06. The van der Waals surface area contributed by atoms with Gasteiger partial charge in [-0.3, -0.25) is 0 Å². The average Bonchev–Trinajstić information content (AvgIpc) is 2.02. The number of allylic oxidation sites excluding steroid dienone is 2. The summed E-state index contributed by atoms with van der Waals surface area (Å²) in [5, 5.41) is 8.51. The summed E-state index contributed by atoms with van der Waals surface area (Å²) in [5.74, 6) is 0.829. The molecule has 0 aliphatic carbocycles. The molecule has 0 heterocycles. The second-order valence-electron chi connectivity index (χ2n) is 3.66. The first-order valence-corrected chi connectivity index (χ1v) is 5.03. The van der Waals surface area contributed by atoms with Crippen LogP contribution in [-0.4, -0.2) is 11.7 Å². The van der Waals surface area contributed by atoms with E-state index in [1.807, 2.05) is 0 Å². The Morgan fingerprint density at radius 1 is 1.08 bits per heavy atom. The van der Waals surface area contributed by atoms with Crippen LogP contribution in [0.1, 0.15) is 46.0 Å². The fourth-order valence-electron chi connectivity index (χ4n) is 1.09. The Bertz CT molecular complexity index is 106. The molecule has 72 valence electrons. The van der Waals surface area contributed by atoms with Crippen LogP contribution >= 0.6 is 0 Å². The first kappa shape index (κ1) is 11.7. The molecule has 0 aromatic heterocycles. The number of hydrogen-bond donors (Lipinski definition) is 1. The minimum absolute atomic E-state index is 0.316. The molecule has 12 heavy (non-hydrogen) atoms. The standard InChI is InChI=1S/C11H22O/c1-11(2)9-7-5-3-4-6-8-10-12/h3-4,11-12H,5-10H2,1-2H3/b4-3-. The van der Waals surface area contributed by atoms with Crippen LogP contribution in [0.4, 0.5) is 0 Å². The molecule has 0 spiro atoms. The van der Waals surface area contributed by atoms with Crippen molar-refractivity contribution in [2.75, 3.05) is 6.61 Å². The van der Waals surface area contributed by atoms with Gasteiger partial charge in [0.05, 0.1) is 0 Å². The number of rotatable bonds is 7. The molecule has 0 saturated carbocycles. The fourth-order valence-corrected chi connectivity index (χ4v) is 1.09. The molecule has 0 rings (SSSR count).